The normalized spacial score (nSPS) is 19.3. The van der Waals surface area contributed by atoms with Crippen LogP contribution >= 0.6 is 0 Å². The average Bonchev–Trinajstić information content (AvgIpc) is 2.86. The predicted octanol–water partition coefficient (Wildman–Crippen LogP) is 2.54. The van der Waals surface area contributed by atoms with Crippen LogP contribution in [0.25, 0.3) is 0 Å². The molecule has 1 atom stereocenters. The number of hydrogen-bond acceptors (Lipinski definition) is 3. The quantitative estimate of drug-likeness (QED) is 0.932. The molecule has 116 valence electrons. The lowest BCUT2D eigenvalue weighted by Crippen LogP contribution is -2.31. The molecule has 1 unspecified atom stereocenters. The zero-order valence-corrected chi connectivity index (χ0v) is 11.8. The summed E-state index contributed by atoms with van der Waals surface area (Å²) in [6.07, 6.45) is -3.72. The van der Waals surface area contributed by atoms with E-state index in [1.165, 1.54) is 6.07 Å². The van der Waals surface area contributed by atoms with E-state index in [4.69, 9.17) is 5.11 Å². The molecule has 21 heavy (non-hydrogen) atoms. The molecule has 0 radical (unpaired) electrons. The zero-order valence-electron chi connectivity index (χ0n) is 11.8. The molecule has 1 aromatic carbocycles. The maximum atomic E-state index is 12.9. The molecule has 0 saturated carbocycles. The summed E-state index contributed by atoms with van der Waals surface area (Å²) < 4.78 is 38.7. The van der Waals surface area contributed by atoms with Gasteiger partial charge >= 0.3 is 12.1 Å². The number of carboxylic acids is 1. The highest BCUT2D eigenvalue weighted by molar-refractivity contribution is 5.89. The number of carboxylic acid groups (broad SMARTS) is 1. The minimum Gasteiger partial charge on any atom is -0.478 e. The Hall–Kier alpha value is -1.76. The van der Waals surface area contributed by atoms with Crippen LogP contribution < -0.4 is 4.90 Å². The van der Waals surface area contributed by atoms with Crippen molar-refractivity contribution in [3.8, 4) is 0 Å². The highest BCUT2D eigenvalue weighted by Crippen LogP contribution is 2.34. The fraction of sp³-hybridized carbons (Fsp3) is 0.500. The molecular formula is C14H17F3N2O2. The van der Waals surface area contributed by atoms with Gasteiger partial charge in [0.2, 0.25) is 0 Å². The van der Waals surface area contributed by atoms with Crippen LogP contribution in [0.2, 0.25) is 0 Å². The Morgan fingerprint density at radius 2 is 2.00 bits per heavy atom. The summed E-state index contributed by atoms with van der Waals surface area (Å²) in [6.45, 7) is 1.20. The van der Waals surface area contributed by atoms with Crippen LogP contribution in [0.15, 0.2) is 18.2 Å². The molecule has 1 aromatic rings. The molecule has 4 nitrogen and oxygen atoms in total. The van der Waals surface area contributed by atoms with Crippen molar-refractivity contribution >= 4 is 11.7 Å². The molecule has 1 saturated heterocycles. The number of likely N-dealkylation sites (N-methyl/N-ethyl adjacent to an activating group) is 1. The van der Waals surface area contributed by atoms with Gasteiger partial charge in [0.25, 0.3) is 0 Å². The van der Waals surface area contributed by atoms with E-state index in [0.717, 1.165) is 12.5 Å². The highest BCUT2D eigenvalue weighted by Gasteiger charge is 2.33. The third-order valence-corrected chi connectivity index (χ3v) is 3.75. The lowest BCUT2D eigenvalue weighted by atomic mass is 10.1. The van der Waals surface area contributed by atoms with E-state index in [1.54, 1.807) is 4.90 Å². The number of halogens is 3. The van der Waals surface area contributed by atoms with E-state index >= 15 is 0 Å². The van der Waals surface area contributed by atoms with Crippen molar-refractivity contribution in [2.24, 2.45) is 0 Å². The van der Waals surface area contributed by atoms with E-state index in [-0.39, 0.29) is 11.6 Å². The van der Waals surface area contributed by atoms with E-state index in [9.17, 15) is 18.0 Å². The first-order valence-electron chi connectivity index (χ1n) is 6.55. The van der Waals surface area contributed by atoms with Crippen molar-refractivity contribution in [2.45, 2.75) is 18.6 Å². The molecule has 1 heterocycles. The van der Waals surface area contributed by atoms with Crippen LogP contribution in [0.4, 0.5) is 18.9 Å². The largest absolute Gasteiger partial charge is 0.478 e. The lowest BCUT2D eigenvalue weighted by Gasteiger charge is -2.23. The van der Waals surface area contributed by atoms with Crippen molar-refractivity contribution in [3.05, 3.63) is 29.3 Å². The monoisotopic (exact) mass is 302 g/mol. The first kappa shape index (κ1) is 15.6. The second-order valence-corrected chi connectivity index (χ2v) is 5.42. The molecule has 0 spiro atoms. The van der Waals surface area contributed by atoms with Gasteiger partial charge < -0.3 is 14.9 Å². The van der Waals surface area contributed by atoms with Gasteiger partial charge in [-0.2, -0.15) is 13.2 Å². The number of carbonyl (C=O) groups is 1. The second kappa shape index (κ2) is 5.55. The van der Waals surface area contributed by atoms with Crippen LogP contribution in [0.3, 0.4) is 0 Å². The van der Waals surface area contributed by atoms with E-state index in [2.05, 4.69) is 0 Å². The molecular weight excluding hydrogens is 285 g/mol. The van der Waals surface area contributed by atoms with Crippen LogP contribution in [-0.4, -0.2) is 49.2 Å². The summed E-state index contributed by atoms with van der Waals surface area (Å²) in [5.41, 5.74) is -0.953. The van der Waals surface area contributed by atoms with Gasteiger partial charge in [0.15, 0.2) is 0 Å². The number of benzene rings is 1. The molecule has 0 amide bonds. The van der Waals surface area contributed by atoms with Gasteiger partial charge in [0.1, 0.15) is 0 Å². The van der Waals surface area contributed by atoms with Gasteiger partial charge in [-0.25, -0.2) is 4.79 Å². The summed E-state index contributed by atoms with van der Waals surface area (Å²) >= 11 is 0. The number of anilines is 1. The third kappa shape index (κ3) is 3.47. The molecule has 1 fully saturated rings. The molecule has 1 aliphatic heterocycles. The van der Waals surface area contributed by atoms with Gasteiger partial charge in [0, 0.05) is 24.8 Å². The third-order valence-electron chi connectivity index (χ3n) is 3.75. The number of alkyl halides is 3. The van der Waals surface area contributed by atoms with Crippen LogP contribution in [0.5, 0.6) is 0 Å². The number of hydrogen-bond donors (Lipinski definition) is 1. The maximum absolute atomic E-state index is 12.9. The minimum absolute atomic E-state index is 0.257. The van der Waals surface area contributed by atoms with Crippen molar-refractivity contribution in [2.75, 3.05) is 32.1 Å². The van der Waals surface area contributed by atoms with Crippen LogP contribution in [0.1, 0.15) is 22.3 Å². The minimum atomic E-state index is -4.55. The molecule has 2 rings (SSSR count). The molecule has 0 aromatic heterocycles. The standard InChI is InChI=1S/C14H17F3N2O2/c1-18(2)11-3-4-19(8-11)12-6-9(13(20)21)5-10(7-12)14(15,16)17/h5-7,11H,3-4,8H2,1-2H3,(H,20,21). The first-order chi connectivity index (χ1) is 9.68. The fourth-order valence-corrected chi connectivity index (χ4v) is 2.48. The van der Waals surface area contributed by atoms with Gasteiger partial charge in [-0.15, -0.1) is 0 Å². The Morgan fingerprint density at radius 3 is 2.48 bits per heavy atom. The smallest absolute Gasteiger partial charge is 0.416 e. The van der Waals surface area contributed by atoms with Gasteiger partial charge in [0.05, 0.1) is 11.1 Å². The summed E-state index contributed by atoms with van der Waals surface area (Å²) in [6, 6.07) is 3.25. The number of rotatable bonds is 3. The van der Waals surface area contributed by atoms with Crippen molar-refractivity contribution in [1.82, 2.24) is 4.90 Å². The average molecular weight is 302 g/mol. The van der Waals surface area contributed by atoms with Gasteiger partial charge in [-0.05, 0) is 38.7 Å². The van der Waals surface area contributed by atoms with Crippen LogP contribution in [-0.2, 0) is 6.18 Å². The molecule has 7 heteroatoms. The van der Waals surface area contributed by atoms with E-state index in [0.29, 0.717) is 24.8 Å². The van der Waals surface area contributed by atoms with Gasteiger partial charge in [-0.1, -0.05) is 0 Å². The Kier molecular flexibility index (Phi) is 4.13. The predicted molar refractivity (Wildman–Crippen MR) is 72.7 cm³/mol. The Balaban J connectivity index is 2.35. The Bertz CT molecular complexity index is 544. The highest BCUT2D eigenvalue weighted by atomic mass is 19.4. The van der Waals surface area contributed by atoms with E-state index in [1.807, 2.05) is 19.0 Å². The summed E-state index contributed by atoms with van der Waals surface area (Å²) in [7, 11) is 3.84. The van der Waals surface area contributed by atoms with Crippen molar-refractivity contribution < 1.29 is 23.1 Å². The van der Waals surface area contributed by atoms with Gasteiger partial charge in [-0.3, -0.25) is 0 Å². The van der Waals surface area contributed by atoms with Crippen LogP contribution in [0, 0.1) is 0 Å². The van der Waals surface area contributed by atoms with Crippen molar-refractivity contribution in [1.29, 1.82) is 0 Å². The first-order valence-corrected chi connectivity index (χ1v) is 6.55. The number of aromatic carboxylic acids is 1. The summed E-state index contributed by atoms with van der Waals surface area (Å²) in [5.74, 6) is -1.36. The number of nitrogens with zero attached hydrogens (tertiary/aromatic N) is 2. The Labute approximate surface area is 120 Å². The summed E-state index contributed by atoms with van der Waals surface area (Å²) in [4.78, 5) is 14.8. The molecule has 1 aliphatic rings. The Morgan fingerprint density at radius 1 is 1.33 bits per heavy atom. The second-order valence-electron chi connectivity index (χ2n) is 5.42. The zero-order chi connectivity index (χ0) is 15.8. The van der Waals surface area contributed by atoms with Crippen molar-refractivity contribution in [3.63, 3.8) is 0 Å². The maximum Gasteiger partial charge on any atom is 0.416 e. The molecule has 0 bridgehead atoms. The lowest BCUT2D eigenvalue weighted by molar-refractivity contribution is -0.137. The van der Waals surface area contributed by atoms with E-state index < -0.39 is 17.7 Å². The fourth-order valence-electron chi connectivity index (χ4n) is 2.48. The summed E-state index contributed by atoms with van der Waals surface area (Å²) in [5, 5.41) is 8.99. The SMILES string of the molecule is CN(C)C1CCN(c2cc(C(=O)O)cc(C(F)(F)F)c2)C1. The molecule has 1 N–H and O–H groups in total. The topological polar surface area (TPSA) is 43.8 Å². The molecule has 0 aliphatic carbocycles.